The van der Waals surface area contributed by atoms with Gasteiger partial charge in [-0.1, -0.05) is 0 Å². The van der Waals surface area contributed by atoms with Gasteiger partial charge in [0.1, 0.15) is 11.6 Å². The molecule has 3 nitrogen and oxygen atoms in total. The number of thiazole rings is 1. The van der Waals surface area contributed by atoms with E-state index in [9.17, 15) is 13.6 Å². The zero-order valence-electron chi connectivity index (χ0n) is 12.1. The van der Waals surface area contributed by atoms with Gasteiger partial charge in [-0.25, -0.2) is 13.8 Å². The Morgan fingerprint density at radius 2 is 2.14 bits per heavy atom. The normalized spacial score (nSPS) is 12.7. The Labute approximate surface area is 126 Å². The molecule has 0 amide bonds. The first-order valence-corrected chi connectivity index (χ1v) is 7.37. The molecule has 0 aliphatic carbocycles. The molecule has 0 aliphatic heterocycles. The summed E-state index contributed by atoms with van der Waals surface area (Å²) in [6.45, 7) is 4.11. The number of nitrogens with zero attached hydrogens (tertiary/aromatic N) is 2. The number of hydrogen-bond donors (Lipinski definition) is 0. The highest BCUT2D eigenvalue weighted by Gasteiger charge is 2.23. The van der Waals surface area contributed by atoms with Crippen molar-refractivity contribution in [1.82, 2.24) is 9.88 Å². The number of hydrogen-bond acceptors (Lipinski definition) is 4. The van der Waals surface area contributed by atoms with Crippen LogP contribution in [-0.2, 0) is 6.54 Å². The largest absolute Gasteiger partial charge is 0.292 e. The molecule has 0 spiro atoms. The molecule has 1 aromatic carbocycles. The maximum absolute atomic E-state index is 13.7. The number of likely N-dealkylation sites (N-methyl/N-ethyl adjacent to an activating group) is 1. The number of Topliss-reactive ketones (excluding diaryl/α,β-unsaturated/α-hetero) is 1. The zero-order valence-corrected chi connectivity index (χ0v) is 12.9. The summed E-state index contributed by atoms with van der Waals surface area (Å²) in [5.41, 5.74) is 0.782. The fourth-order valence-electron chi connectivity index (χ4n) is 1.99. The van der Waals surface area contributed by atoms with Gasteiger partial charge in [0.05, 0.1) is 22.3 Å². The molecule has 0 saturated heterocycles. The lowest BCUT2D eigenvalue weighted by Gasteiger charge is -2.22. The van der Waals surface area contributed by atoms with Crippen LogP contribution in [0.25, 0.3) is 0 Å². The molecule has 1 heterocycles. The molecule has 1 aromatic heterocycles. The minimum absolute atomic E-state index is 0.0924. The predicted molar refractivity (Wildman–Crippen MR) is 78.5 cm³/mol. The third-order valence-electron chi connectivity index (χ3n) is 3.32. The number of aryl methyl sites for hydroxylation is 1. The number of benzene rings is 1. The van der Waals surface area contributed by atoms with Gasteiger partial charge >= 0.3 is 0 Å². The van der Waals surface area contributed by atoms with Gasteiger partial charge in [0.2, 0.25) is 0 Å². The van der Waals surface area contributed by atoms with E-state index in [0.717, 1.165) is 22.8 Å². The van der Waals surface area contributed by atoms with Gasteiger partial charge in [-0.2, -0.15) is 0 Å². The summed E-state index contributed by atoms with van der Waals surface area (Å²) in [6.07, 6.45) is 0. The van der Waals surface area contributed by atoms with Gasteiger partial charge in [0.25, 0.3) is 0 Å². The van der Waals surface area contributed by atoms with Crippen LogP contribution in [0, 0.1) is 18.6 Å². The lowest BCUT2D eigenvalue weighted by Crippen LogP contribution is -2.36. The quantitative estimate of drug-likeness (QED) is 0.793. The van der Waals surface area contributed by atoms with E-state index in [0.29, 0.717) is 6.54 Å². The van der Waals surface area contributed by atoms with Crippen molar-refractivity contribution in [2.24, 2.45) is 0 Å². The molecule has 6 heteroatoms. The van der Waals surface area contributed by atoms with Crippen LogP contribution in [0.2, 0.25) is 0 Å². The number of rotatable bonds is 5. The number of ketones is 1. The van der Waals surface area contributed by atoms with Gasteiger partial charge in [-0.3, -0.25) is 9.69 Å². The molecule has 2 rings (SSSR count). The van der Waals surface area contributed by atoms with Crippen molar-refractivity contribution in [2.45, 2.75) is 26.4 Å². The minimum Gasteiger partial charge on any atom is -0.292 e. The van der Waals surface area contributed by atoms with Crippen molar-refractivity contribution in [3.63, 3.8) is 0 Å². The summed E-state index contributed by atoms with van der Waals surface area (Å²) in [6, 6.07) is 2.48. The monoisotopic (exact) mass is 310 g/mol. The highest BCUT2D eigenvalue weighted by molar-refractivity contribution is 7.09. The average Bonchev–Trinajstić information content (AvgIpc) is 2.82. The van der Waals surface area contributed by atoms with Crippen molar-refractivity contribution >= 4 is 17.1 Å². The van der Waals surface area contributed by atoms with Crippen LogP contribution < -0.4 is 0 Å². The number of aromatic nitrogens is 1. The topological polar surface area (TPSA) is 33.2 Å². The van der Waals surface area contributed by atoms with Crippen LogP contribution in [-0.4, -0.2) is 28.8 Å². The SMILES string of the molecule is Cc1nc(CN(C)C(C)C(=O)c2ccc(F)cc2F)cs1. The maximum atomic E-state index is 13.7. The fourth-order valence-corrected chi connectivity index (χ4v) is 2.59. The second kappa shape index (κ2) is 6.41. The van der Waals surface area contributed by atoms with E-state index in [2.05, 4.69) is 4.98 Å². The summed E-state index contributed by atoms with van der Waals surface area (Å²) in [7, 11) is 1.78. The van der Waals surface area contributed by atoms with Crippen LogP contribution in [0.3, 0.4) is 0 Å². The molecule has 0 N–H and O–H groups in total. The van der Waals surface area contributed by atoms with E-state index in [1.165, 1.54) is 6.07 Å². The molecule has 1 unspecified atom stereocenters. The van der Waals surface area contributed by atoms with E-state index < -0.39 is 17.7 Å². The smallest absolute Gasteiger partial charge is 0.182 e. The molecule has 1 atom stereocenters. The lowest BCUT2D eigenvalue weighted by atomic mass is 10.0. The summed E-state index contributed by atoms with van der Waals surface area (Å²) in [5, 5.41) is 2.89. The predicted octanol–water partition coefficient (Wildman–Crippen LogP) is 3.43. The number of carbonyl (C=O) groups is 1. The lowest BCUT2D eigenvalue weighted by molar-refractivity contribution is 0.0857. The molecule has 0 fully saturated rings. The van der Waals surface area contributed by atoms with E-state index in [4.69, 9.17) is 0 Å². The first kappa shape index (κ1) is 15.7. The molecule has 0 saturated carbocycles. The van der Waals surface area contributed by atoms with Gasteiger partial charge in [-0.15, -0.1) is 11.3 Å². The average molecular weight is 310 g/mol. The molecule has 0 radical (unpaired) electrons. The van der Waals surface area contributed by atoms with Crippen LogP contribution in [0.5, 0.6) is 0 Å². The van der Waals surface area contributed by atoms with Crippen LogP contribution in [0.1, 0.15) is 28.0 Å². The molecule has 0 aliphatic rings. The maximum Gasteiger partial charge on any atom is 0.182 e. The fraction of sp³-hybridized carbons (Fsp3) is 0.333. The van der Waals surface area contributed by atoms with Gasteiger partial charge in [-0.05, 0) is 33.0 Å². The van der Waals surface area contributed by atoms with Crippen molar-refractivity contribution in [3.05, 3.63) is 51.5 Å². The number of halogens is 2. The molecule has 112 valence electrons. The second-order valence-corrected chi connectivity index (χ2v) is 6.00. The molecular weight excluding hydrogens is 294 g/mol. The zero-order chi connectivity index (χ0) is 15.6. The van der Waals surface area contributed by atoms with Crippen molar-refractivity contribution in [3.8, 4) is 0 Å². The third kappa shape index (κ3) is 3.71. The summed E-state index contributed by atoms with van der Waals surface area (Å²) >= 11 is 1.54. The van der Waals surface area contributed by atoms with Crippen molar-refractivity contribution in [1.29, 1.82) is 0 Å². The molecule has 21 heavy (non-hydrogen) atoms. The Morgan fingerprint density at radius 1 is 1.43 bits per heavy atom. The first-order chi connectivity index (χ1) is 9.88. The molecule has 2 aromatic rings. The Bertz CT molecular complexity index is 657. The van der Waals surface area contributed by atoms with Gasteiger partial charge in [0, 0.05) is 18.0 Å². The van der Waals surface area contributed by atoms with Crippen LogP contribution in [0.15, 0.2) is 23.6 Å². The van der Waals surface area contributed by atoms with E-state index in [1.54, 1.807) is 30.2 Å². The molecular formula is C15H16F2N2OS. The highest BCUT2D eigenvalue weighted by atomic mass is 32.1. The Morgan fingerprint density at radius 3 is 2.71 bits per heavy atom. The highest BCUT2D eigenvalue weighted by Crippen LogP contribution is 2.16. The van der Waals surface area contributed by atoms with Crippen molar-refractivity contribution in [2.75, 3.05) is 7.05 Å². The minimum atomic E-state index is -0.829. The van der Waals surface area contributed by atoms with Crippen LogP contribution >= 0.6 is 11.3 Å². The van der Waals surface area contributed by atoms with E-state index in [-0.39, 0.29) is 11.3 Å². The standard InChI is InChI=1S/C15H16F2N2OS/c1-9(19(3)7-12-8-21-10(2)18-12)15(20)13-5-4-11(16)6-14(13)17/h4-6,8-9H,7H2,1-3H3. The summed E-state index contributed by atoms with van der Waals surface area (Å²) in [4.78, 5) is 18.4. The Hall–Kier alpha value is -1.66. The summed E-state index contributed by atoms with van der Waals surface area (Å²) < 4.78 is 26.6. The number of carbonyl (C=O) groups excluding carboxylic acids is 1. The van der Waals surface area contributed by atoms with E-state index in [1.807, 2.05) is 12.3 Å². The van der Waals surface area contributed by atoms with Crippen LogP contribution in [0.4, 0.5) is 8.78 Å². The van der Waals surface area contributed by atoms with Crippen molar-refractivity contribution < 1.29 is 13.6 Å². The summed E-state index contributed by atoms with van der Waals surface area (Å²) in [5.74, 6) is -1.89. The second-order valence-electron chi connectivity index (χ2n) is 4.94. The van der Waals surface area contributed by atoms with Gasteiger partial charge < -0.3 is 0 Å². The first-order valence-electron chi connectivity index (χ1n) is 6.49. The van der Waals surface area contributed by atoms with Gasteiger partial charge in [0.15, 0.2) is 5.78 Å². The third-order valence-corrected chi connectivity index (χ3v) is 4.14. The Balaban J connectivity index is 2.11. The Kier molecular flexibility index (Phi) is 4.80. The molecule has 0 bridgehead atoms. The van der Waals surface area contributed by atoms with E-state index >= 15 is 0 Å².